The molecule has 2 fully saturated rings. The molecule has 0 amide bonds. The van der Waals surface area contributed by atoms with Crippen molar-refractivity contribution < 1.29 is 19.8 Å². The van der Waals surface area contributed by atoms with Gasteiger partial charge in [-0.15, -0.1) is 0 Å². The predicted octanol–water partition coefficient (Wildman–Crippen LogP) is 2.36. The van der Waals surface area contributed by atoms with Crippen LogP contribution in [-0.2, 0) is 16.1 Å². The summed E-state index contributed by atoms with van der Waals surface area (Å²) in [5.41, 5.74) is 1.45. The van der Waals surface area contributed by atoms with E-state index in [4.69, 9.17) is 19.8 Å². The van der Waals surface area contributed by atoms with Gasteiger partial charge in [0.05, 0.1) is 0 Å². The van der Waals surface area contributed by atoms with E-state index in [0.717, 1.165) is 30.5 Å². The number of fused-ring (bicyclic) bond motifs is 1. The predicted molar refractivity (Wildman–Crippen MR) is 102 cm³/mol. The summed E-state index contributed by atoms with van der Waals surface area (Å²) in [6.07, 6.45) is 10.2. The number of carboxylic acid groups (broad SMARTS) is 2. The zero-order valence-electron chi connectivity index (χ0n) is 15.5. The van der Waals surface area contributed by atoms with Crippen LogP contribution in [0.3, 0.4) is 0 Å². The number of aliphatic carboxylic acids is 2. The van der Waals surface area contributed by atoms with Gasteiger partial charge < -0.3 is 15.5 Å². The Bertz CT molecular complexity index is 656. The lowest BCUT2D eigenvalue weighted by molar-refractivity contribution is -0.159. The number of likely N-dealkylation sites (tertiary alicyclic amines) is 1. The molecule has 1 aliphatic heterocycles. The Morgan fingerprint density at radius 2 is 1.74 bits per heavy atom. The molecule has 3 N–H and O–H groups in total. The summed E-state index contributed by atoms with van der Waals surface area (Å²) in [5.74, 6) is -1.82. The van der Waals surface area contributed by atoms with Gasteiger partial charge in [0.1, 0.15) is 0 Å². The normalized spacial score (nSPS) is 27.2. The van der Waals surface area contributed by atoms with Gasteiger partial charge in [-0.25, -0.2) is 9.59 Å². The smallest absolute Gasteiger partial charge is 0.414 e. The quantitative estimate of drug-likeness (QED) is 0.555. The molecule has 1 aromatic rings. The Labute approximate surface area is 159 Å². The number of nitrogens with one attached hydrogen (secondary N) is 1. The van der Waals surface area contributed by atoms with E-state index in [-0.39, 0.29) is 0 Å². The van der Waals surface area contributed by atoms with Crippen molar-refractivity contribution in [3.8, 4) is 0 Å². The van der Waals surface area contributed by atoms with E-state index in [9.17, 15) is 0 Å². The van der Waals surface area contributed by atoms with Crippen LogP contribution in [0.2, 0.25) is 0 Å². The standard InChI is InChI=1S/C19H26N2.C2H2O4/c1-2-5-15(6-3-1)14-21-11-9-17(10-12-21)20-19-13-16-7-4-8-18(16)19;3-1(4)2(5)6/h1-6,8,16-20H,7,9-14H2;(H,3,4)(H,5,6). The summed E-state index contributed by atoms with van der Waals surface area (Å²) < 4.78 is 0. The van der Waals surface area contributed by atoms with E-state index in [2.05, 4.69) is 52.7 Å². The molecule has 6 heteroatoms. The van der Waals surface area contributed by atoms with Gasteiger partial charge in [0.2, 0.25) is 0 Å². The molecule has 3 atom stereocenters. The first kappa shape index (κ1) is 19.6. The number of carbonyl (C=O) groups is 2. The second kappa shape index (κ2) is 9.15. The van der Waals surface area contributed by atoms with Gasteiger partial charge in [0, 0.05) is 18.6 Å². The van der Waals surface area contributed by atoms with Crippen molar-refractivity contribution in [3.05, 3.63) is 48.0 Å². The molecule has 0 radical (unpaired) electrons. The minimum Gasteiger partial charge on any atom is -0.473 e. The Morgan fingerprint density at radius 1 is 1.07 bits per heavy atom. The van der Waals surface area contributed by atoms with Gasteiger partial charge >= 0.3 is 11.9 Å². The molecule has 27 heavy (non-hydrogen) atoms. The minimum absolute atomic E-state index is 0.747. The molecule has 1 heterocycles. The van der Waals surface area contributed by atoms with Crippen molar-refractivity contribution in [1.29, 1.82) is 0 Å². The van der Waals surface area contributed by atoms with Gasteiger partial charge in [-0.1, -0.05) is 42.5 Å². The summed E-state index contributed by atoms with van der Waals surface area (Å²) in [7, 11) is 0. The first-order valence-electron chi connectivity index (χ1n) is 9.68. The molecule has 1 saturated carbocycles. The highest BCUT2D eigenvalue weighted by atomic mass is 16.4. The summed E-state index contributed by atoms with van der Waals surface area (Å²) in [6.45, 7) is 3.59. The Hall–Kier alpha value is -2.18. The van der Waals surface area contributed by atoms with Crippen molar-refractivity contribution in [1.82, 2.24) is 10.2 Å². The average Bonchev–Trinajstić information content (AvgIpc) is 3.03. The Morgan fingerprint density at radius 3 is 2.33 bits per heavy atom. The molecule has 4 rings (SSSR count). The third-order valence-electron chi connectivity index (χ3n) is 5.83. The van der Waals surface area contributed by atoms with Crippen LogP contribution in [0.5, 0.6) is 0 Å². The number of benzene rings is 1. The average molecular weight is 372 g/mol. The highest BCUT2D eigenvalue weighted by Gasteiger charge is 2.41. The lowest BCUT2D eigenvalue weighted by atomic mass is 9.71. The number of nitrogens with zero attached hydrogens (tertiary/aromatic N) is 1. The Balaban J connectivity index is 0.000000307. The van der Waals surface area contributed by atoms with Crippen molar-refractivity contribution >= 4 is 11.9 Å². The van der Waals surface area contributed by atoms with E-state index in [1.165, 1.54) is 44.3 Å². The monoisotopic (exact) mass is 372 g/mol. The van der Waals surface area contributed by atoms with Crippen LogP contribution in [0.1, 0.15) is 31.2 Å². The van der Waals surface area contributed by atoms with Gasteiger partial charge in [-0.05, 0) is 56.2 Å². The second-order valence-corrected chi connectivity index (χ2v) is 7.66. The second-order valence-electron chi connectivity index (χ2n) is 7.66. The summed E-state index contributed by atoms with van der Waals surface area (Å²) in [6, 6.07) is 12.4. The van der Waals surface area contributed by atoms with Crippen molar-refractivity contribution in [2.24, 2.45) is 11.8 Å². The van der Waals surface area contributed by atoms with Crippen LogP contribution >= 0.6 is 0 Å². The van der Waals surface area contributed by atoms with E-state index < -0.39 is 11.9 Å². The third-order valence-corrected chi connectivity index (χ3v) is 5.83. The molecule has 0 spiro atoms. The fourth-order valence-corrected chi connectivity index (χ4v) is 4.31. The van der Waals surface area contributed by atoms with E-state index in [1.54, 1.807) is 0 Å². The molecule has 3 unspecified atom stereocenters. The fourth-order valence-electron chi connectivity index (χ4n) is 4.31. The van der Waals surface area contributed by atoms with Crippen molar-refractivity contribution in [2.45, 2.75) is 44.3 Å². The molecular formula is C21H28N2O4. The van der Waals surface area contributed by atoms with Crippen LogP contribution in [0.25, 0.3) is 0 Å². The molecule has 1 saturated heterocycles. The fraction of sp³-hybridized carbons (Fsp3) is 0.524. The maximum atomic E-state index is 9.10. The van der Waals surface area contributed by atoms with Crippen LogP contribution in [0.15, 0.2) is 42.5 Å². The van der Waals surface area contributed by atoms with E-state index >= 15 is 0 Å². The van der Waals surface area contributed by atoms with Crippen LogP contribution in [-0.4, -0.2) is 52.2 Å². The maximum Gasteiger partial charge on any atom is 0.414 e. The third kappa shape index (κ3) is 5.40. The minimum atomic E-state index is -1.82. The molecule has 146 valence electrons. The first-order valence-corrected chi connectivity index (χ1v) is 9.68. The maximum absolute atomic E-state index is 9.10. The zero-order valence-corrected chi connectivity index (χ0v) is 15.5. The summed E-state index contributed by atoms with van der Waals surface area (Å²) >= 11 is 0. The molecule has 1 aromatic carbocycles. The molecule has 6 nitrogen and oxygen atoms in total. The van der Waals surface area contributed by atoms with E-state index in [1.807, 2.05) is 0 Å². The number of hydrogen-bond acceptors (Lipinski definition) is 4. The SMILES string of the molecule is C1=CC2C(C1)CC2NC1CCN(Cc2ccccc2)CC1.O=C(O)C(=O)O. The molecule has 0 bridgehead atoms. The topological polar surface area (TPSA) is 89.9 Å². The van der Waals surface area contributed by atoms with Gasteiger partial charge in [-0.2, -0.15) is 0 Å². The zero-order chi connectivity index (χ0) is 19.2. The van der Waals surface area contributed by atoms with Crippen molar-refractivity contribution in [3.63, 3.8) is 0 Å². The number of piperidine rings is 1. The van der Waals surface area contributed by atoms with E-state index in [0.29, 0.717) is 0 Å². The van der Waals surface area contributed by atoms with Crippen LogP contribution in [0, 0.1) is 11.8 Å². The Kier molecular flexibility index (Phi) is 6.63. The van der Waals surface area contributed by atoms with Crippen LogP contribution in [0.4, 0.5) is 0 Å². The molecule has 3 aliphatic rings. The number of allylic oxidation sites excluding steroid dienone is 1. The van der Waals surface area contributed by atoms with Gasteiger partial charge in [0.25, 0.3) is 0 Å². The number of carboxylic acids is 2. The molecule has 0 aromatic heterocycles. The summed E-state index contributed by atoms with van der Waals surface area (Å²) in [4.78, 5) is 20.8. The number of rotatable bonds is 4. The largest absolute Gasteiger partial charge is 0.473 e. The number of hydrogen-bond donors (Lipinski definition) is 3. The van der Waals surface area contributed by atoms with Gasteiger partial charge in [0.15, 0.2) is 0 Å². The van der Waals surface area contributed by atoms with Gasteiger partial charge in [-0.3, -0.25) is 4.90 Å². The lowest BCUT2D eigenvalue weighted by Crippen LogP contribution is -2.54. The summed E-state index contributed by atoms with van der Waals surface area (Å²) in [5, 5.41) is 18.7. The lowest BCUT2D eigenvalue weighted by Gasteiger charge is -2.44. The highest BCUT2D eigenvalue weighted by molar-refractivity contribution is 6.27. The highest BCUT2D eigenvalue weighted by Crippen LogP contribution is 2.43. The van der Waals surface area contributed by atoms with Crippen molar-refractivity contribution in [2.75, 3.05) is 13.1 Å². The molecular weight excluding hydrogens is 344 g/mol. The molecule has 2 aliphatic carbocycles. The first-order chi connectivity index (χ1) is 13.0. The van der Waals surface area contributed by atoms with Crippen LogP contribution < -0.4 is 5.32 Å².